The van der Waals surface area contributed by atoms with Crippen LogP contribution in [-0.2, 0) is 16.6 Å². The van der Waals surface area contributed by atoms with Crippen molar-refractivity contribution in [2.24, 2.45) is 7.05 Å². The van der Waals surface area contributed by atoms with Crippen LogP contribution < -0.4 is 10.6 Å². The lowest BCUT2D eigenvalue weighted by Gasteiger charge is -2.17. The van der Waals surface area contributed by atoms with Crippen molar-refractivity contribution < 1.29 is 24.2 Å². The van der Waals surface area contributed by atoms with Crippen LogP contribution in [0.25, 0.3) is 11.1 Å². The molecule has 0 aliphatic carbocycles. The van der Waals surface area contributed by atoms with E-state index in [2.05, 4.69) is 30.7 Å². The molecular weight excluding hydrogens is 481 g/mol. The van der Waals surface area contributed by atoms with Crippen molar-refractivity contribution >= 4 is 29.4 Å². The number of anilines is 3. The summed E-state index contributed by atoms with van der Waals surface area (Å²) in [6.07, 6.45) is 9.71. The fraction of sp³-hybridized carbons (Fsp3) is 0.120. The van der Waals surface area contributed by atoms with E-state index in [1.807, 2.05) is 32.3 Å². The molecule has 1 atom stereocenters. The van der Waals surface area contributed by atoms with Gasteiger partial charge in [0.2, 0.25) is 0 Å². The average molecular weight is 506 g/mol. The third kappa shape index (κ3) is 8.55. The predicted octanol–water partition coefficient (Wildman–Crippen LogP) is 4.04. The molecule has 3 heterocycles. The number of carboxylic acid groups (broad SMARTS) is 2. The number of hydrogen-bond donors (Lipinski definition) is 4. The maximum Gasteiger partial charge on any atom is 0.328 e. The van der Waals surface area contributed by atoms with Crippen LogP contribution in [0.3, 0.4) is 0 Å². The maximum atomic E-state index is 13.2. The lowest BCUT2D eigenvalue weighted by molar-refractivity contribution is -0.134. The van der Waals surface area contributed by atoms with E-state index in [-0.39, 0.29) is 11.9 Å². The van der Waals surface area contributed by atoms with Crippen LogP contribution in [0.15, 0.2) is 79.5 Å². The van der Waals surface area contributed by atoms with Gasteiger partial charge in [0.05, 0.1) is 12.4 Å². The van der Waals surface area contributed by atoms with Crippen LogP contribution in [-0.4, -0.2) is 46.9 Å². The summed E-state index contributed by atoms with van der Waals surface area (Å²) in [5.74, 6) is -0.871. The molecule has 0 saturated carbocycles. The van der Waals surface area contributed by atoms with E-state index in [9.17, 15) is 14.0 Å². The second-order valence-corrected chi connectivity index (χ2v) is 7.67. The van der Waals surface area contributed by atoms with Crippen molar-refractivity contribution in [1.29, 1.82) is 0 Å². The molecule has 0 fully saturated rings. The summed E-state index contributed by atoms with van der Waals surface area (Å²) < 4.78 is 15.0. The number of halogens is 1. The first-order valence-corrected chi connectivity index (χ1v) is 10.9. The van der Waals surface area contributed by atoms with Crippen LogP contribution in [0.5, 0.6) is 0 Å². The van der Waals surface area contributed by atoms with Crippen molar-refractivity contribution in [3.63, 3.8) is 0 Å². The average Bonchev–Trinajstić information content (AvgIpc) is 3.30. The van der Waals surface area contributed by atoms with E-state index in [0.29, 0.717) is 29.6 Å². The first kappa shape index (κ1) is 26.5. The molecule has 0 saturated heterocycles. The van der Waals surface area contributed by atoms with Gasteiger partial charge in [-0.3, -0.25) is 9.67 Å². The highest BCUT2D eigenvalue weighted by molar-refractivity contribution is 5.89. The zero-order valence-corrected chi connectivity index (χ0v) is 19.9. The molecule has 4 aromatic rings. The molecule has 37 heavy (non-hydrogen) atoms. The molecule has 0 radical (unpaired) electrons. The minimum atomic E-state index is -1.26. The summed E-state index contributed by atoms with van der Waals surface area (Å²) in [6, 6.07) is 10.3. The van der Waals surface area contributed by atoms with Gasteiger partial charge in [-0.15, -0.1) is 0 Å². The van der Waals surface area contributed by atoms with Gasteiger partial charge in [-0.25, -0.2) is 23.9 Å². The number of rotatable bonds is 8. The van der Waals surface area contributed by atoms with E-state index in [0.717, 1.165) is 16.7 Å². The summed E-state index contributed by atoms with van der Waals surface area (Å²) in [5, 5.41) is 26.4. The molecule has 11 nitrogen and oxygen atoms in total. The molecule has 12 heteroatoms. The SMILES string of the molecule is CC(Nc1cc(-c2cnn(C)c2)cc(Nc2cnccn2)n1)c1ccc(F)cc1.O=C(O)C=CC(=O)O. The molecule has 190 valence electrons. The first-order chi connectivity index (χ1) is 17.7. The van der Waals surface area contributed by atoms with Gasteiger partial charge in [-0.1, -0.05) is 12.1 Å². The van der Waals surface area contributed by atoms with E-state index in [4.69, 9.17) is 10.2 Å². The Hall–Kier alpha value is -5.13. The Morgan fingerprint density at radius 3 is 2.22 bits per heavy atom. The highest BCUT2D eigenvalue weighted by atomic mass is 19.1. The fourth-order valence-electron chi connectivity index (χ4n) is 3.10. The lowest BCUT2D eigenvalue weighted by Crippen LogP contribution is -2.09. The number of aryl methyl sites for hydroxylation is 1. The number of nitrogens with one attached hydrogen (secondary N) is 2. The standard InChI is InChI=1S/C21H20FN7.C4H4O4/c1-14(15-3-5-18(22)6-4-15)26-19-9-16(17-11-25-29(2)13-17)10-20(27-19)28-21-12-23-7-8-24-21;5-3(6)1-2-4(7)8/h3-14H,1-2H3,(H2,24,26,27,28);1-2H,(H,5,6)(H,7,8). The van der Waals surface area contributed by atoms with Gasteiger partial charge in [0.15, 0.2) is 0 Å². The zero-order chi connectivity index (χ0) is 26.8. The molecule has 0 aliphatic heterocycles. The number of benzene rings is 1. The molecule has 0 spiro atoms. The van der Waals surface area contributed by atoms with Crippen LogP contribution in [0.1, 0.15) is 18.5 Å². The van der Waals surface area contributed by atoms with Gasteiger partial charge in [0.1, 0.15) is 23.3 Å². The summed E-state index contributed by atoms with van der Waals surface area (Å²) in [5.41, 5.74) is 2.88. The molecule has 0 bridgehead atoms. The lowest BCUT2D eigenvalue weighted by atomic mass is 10.1. The number of pyridine rings is 1. The molecule has 1 unspecified atom stereocenters. The van der Waals surface area contributed by atoms with Gasteiger partial charge in [0, 0.05) is 49.4 Å². The van der Waals surface area contributed by atoms with Crippen molar-refractivity contribution in [1.82, 2.24) is 24.7 Å². The Kier molecular flexibility index (Phi) is 8.97. The smallest absolute Gasteiger partial charge is 0.328 e. The van der Waals surface area contributed by atoms with E-state index >= 15 is 0 Å². The maximum absolute atomic E-state index is 13.2. The summed E-state index contributed by atoms with van der Waals surface area (Å²) in [4.78, 5) is 32.1. The molecule has 4 rings (SSSR count). The normalized spacial score (nSPS) is 11.3. The first-order valence-electron chi connectivity index (χ1n) is 10.9. The highest BCUT2D eigenvalue weighted by Gasteiger charge is 2.11. The second kappa shape index (κ2) is 12.5. The molecule has 1 aromatic carbocycles. The topological polar surface area (TPSA) is 155 Å². The third-order valence-electron chi connectivity index (χ3n) is 4.79. The van der Waals surface area contributed by atoms with Gasteiger partial charge >= 0.3 is 11.9 Å². The minimum absolute atomic E-state index is 0.0587. The van der Waals surface area contributed by atoms with Crippen molar-refractivity contribution in [2.45, 2.75) is 13.0 Å². The summed E-state index contributed by atoms with van der Waals surface area (Å²) in [7, 11) is 1.87. The van der Waals surface area contributed by atoms with Crippen molar-refractivity contribution in [3.8, 4) is 11.1 Å². The zero-order valence-electron chi connectivity index (χ0n) is 19.9. The Morgan fingerprint density at radius 2 is 1.65 bits per heavy atom. The monoisotopic (exact) mass is 505 g/mol. The second-order valence-electron chi connectivity index (χ2n) is 7.67. The number of hydrogen-bond acceptors (Lipinski definition) is 8. The Balaban J connectivity index is 0.000000414. The highest BCUT2D eigenvalue weighted by Crippen LogP contribution is 2.28. The quantitative estimate of drug-likeness (QED) is 0.258. The number of aromatic nitrogens is 5. The molecule has 0 aliphatic rings. The summed E-state index contributed by atoms with van der Waals surface area (Å²) >= 11 is 0. The van der Waals surface area contributed by atoms with E-state index in [1.54, 1.807) is 41.6 Å². The molecule has 3 aromatic heterocycles. The molecular formula is C25H24FN7O4. The van der Waals surface area contributed by atoms with Gasteiger partial charge < -0.3 is 20.8 Å². The van der Waals surface area contributed by atoms with Crippen molar-refractivity contribution in [3.05, 3.63) is 90.9 Å². The van der Waals surface area contributed by atoms with Gasteiger partial charge in [-0.2, -0.15) is 5.10 Å². The largest absolute Gasteiger partial charge is 0.478 e. The number of carboxylic acids is 2. The van der Waals surface area contributed by atoms with Crippen LogP contribution >= 0.6 is 0 Å². The number of aliphatic carboxylic acids is 2. The van der Waals surface area contributed by atoms with E-state index in [1.165, 1.54) is 12.1 Å². The fourth-order valence-corrected chi connectivity index (χ4v) is 3.10. The van der Waals surface area contributed by atoms with Gasteiger partial charge in [0.25, 0.3) is 0 Å². The van der Waals surface area contributed by atoms with Crippen LogP contribution in [0.2, 0.25) is 0 Å². The Morgan fingerprint density at radius 1 is 0.973 bits per heavy atom. The Labute approximate surface area is 211 Å². The summed E-state index contributed by atoms with van der Waals surface area (Å²) in [6.45, 7) is 2.00. The predicted molar refractivity (Wildman–Crippen MR) is 135 cm³/mol. The number of nitrogens with zero attached hydrogens (tertiary/aromatic N) is 5. The molecule has 4 N–H and O–H groups in total. The minimum Gasteiger partial charge on any atom is -0.478 e. The molecule has 0 amide bonds. The third-order valence-corrected chi connectivity index (χ3v) is 4.79. The number of carbonyl (C=O) groups is 2. The van der Waals surface area contributed by atoms with Gasteiger partial charge in [-0.05, 0) is 42.3 Å². The Bertz CT molecular complexity index is 1360. The van der Waals surface area contributed by atoms with Crippen LogP contribution in [0.4, 0.5) is 21.8 Å². The van der Waals surface area contributed by atoms with E-state index < -0.39 is 11.9 Å². The van der Waals surface area contributed by atoms with Crippen molar-refractivity contribution in [2.75, 3.05) is 10.6 Å². The van der Waals surface area contributed by atoms with Crippen LogP contribution in [0, 0.1) is 5.82 Å².